The van der Waals surface area contributed by atoms with Crippen LogP contribution in [0.2, 0.25) is 0 Å². The fourth-order valence-corrected chi connectivity index (χ4v) is 2.17. The summed E-state index contributed by atoms with van der Waals surface area (Å²) in [7, 11) is 0. The van der Waals surface area contributed by atoms with Crippen LogP contribution in [0.1, 0.15) is 24.8 Å². The molecule has 0 radical (unpaired) electrons. The lowest BCUT2D eigenvalue weighted by Crippen LogP contribution is -2.27. The Morgan fingerprint density at radius 2 is 2.28 bits per heavy atom. The molecule has 1 saturated heterocycles. The van der Waals surface area contributed by atoms with Gasteiger partial charge in [-0.3, -0.25) is 0 Å². The highest BCUT2D eigenvalue weighted by molar-refractivity contribution is 5.31. The van der Waals surface area contributed by atoms with Gasteiger partial charge in [0.25, 0.3) is 0 Å². The second-order valence-electron chi connectivity index (χ2n) is 4.81. The van der Waals surface area contributed by atoms with Crippen molar-refractivity contribution in [2.24, 2.45) is 0 Å². The fraction of sp³-hybridized carbons (Fsp3) is 0.600. The van der Waals surface area contributed by atoms with Gasteiger partial charge in [0.05, 0.1) is 12.7 Å². The van der Waals surface area contributed by atoms with Gasteiger partial charge in [-0.1, -0.05) is 18.2 Å². The van der Waals surface area contributed by atoms with Crippen molar-refractivity contribution in [1.29, 1.82) is 0 Å². The molecule has 0 amide bonds. The zero-order chi connectivity index (χ0) is 12.6. The predicted molar refractivity (Wildman–Crippen MR) is 73.1 cm³/mol. The van der Waals surface area contributed by atoms with Crippen LogP contribution in [0.5, 0.6) is 5.75 Å². The molecule has 1 aliphatic rings. The van der Waals surface area contributed by atoms with Crippen molar-refractivity contribution in [3.63, 3.8) is 0 Å². The third-order valence-electron chi connectivity index (χ3n) is 3.25. The Kier molecular flexibility index (Phi) is 5.49. The Hall–Kier alpha value is -1.06. The van der Waals surface area contributed by atoms with Crippen LogP contribution in [0.4, 0.5) is 0 Å². The zero-order valence-corrected chi connectivity index (χ0v) is 11.2. The molecule has 18 heavy (non-hydrogen) atoms. The Labute approximate surface area is 109 Å². The number of hydrogen-bond donors (Lipinski definition) is 1. The van der Waals surface area contributed by atoms with Crippen LogP contribution in [-0.2, 0) is 4.74 Å². The second kappa shape index (κ2) is 7.39. The summed E-state index contributed by atoms with van der Waals surface area (Å²) in [6, 6.07) is 8.14. The summed E-state index contributed by atoms with van der Waals surface area (Å²) >= 11 is 0. The Morgan fingerprint density at radius 3 is 3.06 bits per heavy atom. The molecule has 0 aliphatic carbocycles. The molecule has 1 aromatic carbocycles. The SMILES string of the molecule is Cc1ccccc1OCCCNCC1CCCO1. The van der Waals surface area contributed by atoms with Gasteiger partial charge in [-0.05, 0) is 44.4 Å². The van der Waals surface area contributed by atoms with Crippen LogP contribution in [0.3, 0.4) is 0 Å². The Balaban J connectivity index is 1.52. The van der Waals surface area contributed by atoms with Crippen molar-refractivity contribution < 1.29 is 9.47 Å². The first-order valence-electron chi connectivity index (χ1n) is 6.87. The third-order valence-corrected chi connectivity index (χ3v) is 3.25. The van der Waals surface area contributed by atoms with Gasteiger partial charge in [-0.15, -0.1) is 0 Å². The van der Waals surface area contributed by atoms with E-state index in [0.29, 0.717) is 6.10 Å². The summed E-state index contributed by atoms with van der Waals surface area (Å²) in [4.78, 5) is 0. The number of ether oxygens (including phenoxy) is 2. The Morgan fingerprint density at radius 1 is 1.39 bits per heavy atom. The molecule has 0 saturated carbocycles. The summed E-state index contributed by atoms with van der Waals surface area (Å²) in [6.45, 7) is 5.74. The van der Waals surface area contributed by atoms with E-state index in [0.717, 1.165) is 38.5 Å². The molecular weight excluding hydrogens is 226 g/mol. The number of hydrogen-bond acceptors (Lipinski definition) is 3. The highest BCUT2D eigenvalue weighted by atomic mass is 16.5. The van der Waals surface area contributed by atoms with Crippen LogP contribution in [0, 0.1) is 6.92 Å². The van der Waals surface area contributed by atoms with Gasteiger partial charge in [-0.25, -0.2) is 0 Å². The maximum Gasteiger partial charge on any atom is 0.122 e. The van der Waals surface area contributed by atoms with Crippen molar-refractivity contribution in [1.82, 2.24) is 5.32 Å². The lowest BCUT2D eigenvalue weighted by molar-refractivity contribution is 0.110. The number of nitrogens with one attached hydrogen (secondary N) is 1. The van der Waals surface area contributed by atoms with E-state index in [1.807, 2.05) is 18.2 Å². The molecule has 0 aromatic heterocycles. The van der Waals surface area contributed by atoms with Crippen LogP contribution in [-0.4, -0.2) is 32.4 Å². The maximum absolute atomic E-state index is 5.74. The summed E-state index contributed by atoms with van der Waals surface area (Å²) in [5, 5.41) is 3.42. The van der Waals surface area contributed by atoms with Gasteiger partial charge >= 0.3 is 0 Å². The van der Waals surface area contributed by atoms with E-state index in [1.54, 1.807) is 0 Å². The topological polar surface area (TPSA) is 30.5 Å². The summed E-state index contributed by atoms with van der Waals surface area (Å²) in [6.07, 6.45) is 3.87. The molecule has 1 N–H and O–H groups in total. The average Bonchev–Trinajstić information content (AvgIpc) is 2.89. The first-order valence-corrected chi connectivity index (χ1v) is 6.87. The molecule has 3 nitrogen and oxygen atoms in total. The van der Waals surface area contributed by atoms with Crippen molar-refractivity contribution in [2.75, 3.05) is 26.3 Å². The number of rotatable bonds is 7. The molecule has 1 atom stereocenters. The largest absolute Gasteiger partial charge is 0.493 e. The first kappa shape index (κ1) is 13.4. The highest BCUT2D eigenvalue weighted by Crippen LogP contribution is 2.16. The predicted octanol–water partition coefficient (Wildman–Crippen LogP) is 2.53. The lowest BCUT2D eigenvalue weighted by Gasteiger charge is -2.11. The minimum absolute atomic E-state index is 0.433. The molecule has 1 heterocycles. The fourth-order valence-electron chi connectivity index (χ4n) is 2.17. The molecular formula is C15H23NO2. The summed E-state index contributed by atoms with van der Waals surface area (Å²) in [5.74, 6) is 0.997. The minimum atomic E-state index is 0.433. The van der Waals surface area contributed by atoms with Crippen LogP contribution in [0.15, 0.2) is 24.3 Å². The van der Waals surface area contributed by atoms with E-state index < -0.39 is 0 Å². The van der Waals surface area contributed by atoms with Crippen molar-refractivity contribution >= 4 is 0 Å². The smallest absolute Gasteiger partial charge is 0.122 e. The molecule has 0 spiro atoms. The van der Waals surface area contributed by atoms with Crippen LogP contribution >= 0.6 is 0 Å². The lowest BCUT2D eigenvalue weighted by atomic mass is 10.2. The van der Waals surface area contributed by atoms with Crippen molar-refractivity contribution in [2.45, 2.75) is 32.3 Å². The van der Waals surface area contributed by atoms with Gasteiger partial charge in [0, 0.05) is 13.2 Å². The number of para-hydroxylation sites is 1. The van der Waals surface area contributed by atoms with Gasteiger partial charge in [0.2, 0.25) is 0 Å². The first-order chi connectivity index (χ1) is 8.86. The number of aryl methyl sites for hydroxylation is 1. The zero-order valence-electron chi connectivity index (χ0n) is 11.2. The molecule has 3 heteroatoms. The van der Waals surface area contributed by atoms with E-state index in [4.69, 9.17) is 9.47 Å². The second-order valence-corrected chi connectivity index (χ2v) is 4.81. The average molecular weight is 249 g/mol. The molecule has 1 aliphatic heterocycles. The standard InChI is InChI=1S/C15H23NO2/c1-13-6-2-3-8-15(13)18-11-5-9-16-12-14-7-4-10-17-14/h2-3,6,8,14,16H,4-5,7,9-12H2,1H3. The molecule has 0 bridgehead atoms. The van der Waals surface area contributed by atoms with Gasteiger partial charge < -0.3 is 14.8 Å². The maximum atomic E-state index is 5.74. The van der Waals surface area contributed by atoms with Gasteiger partial charge in [0.15, 0.2) is 0 Å². The van der Waals surface area contributed by atoms with Crippen LogP contribution in [0.25, 0.3) is 0 Å². The quantitative estimate of drug-likeness (QED) is 0.753. The van der Waals surface area contributed by atoms with Crippen molar-refractivity contribution in [3.05, 3.63) is 29.8 Å². The van der Waals surface area contributed by atoms with E-state index in [1.165, 1.54) is 18.4 Å². The molecule has 1 aromatic rings. The third kappa shape index (κ3) is 4.31. The van der Waals surface area contributed by atoms with E-state index in [9.17, 15) is 0 Å². The van der Waals surface area contributed by atoms with E-state index in [2.05, 4.69) is 18.3 Å². The molecule has 100 valence electrons. The summed E-state index contributed by atoms with van der Waals surface area (Å²) in [5.41, 5.74) is 1.20. The van der Waals surface area contributed by atoms with Crippen LogP contribution < -0.4 is 10.1 Å². The summed E-state index contributed by atoms with van der Waals surface area (Å²) < 4.78 is 11.3. The minimum Gasteiger partial charge on any atom is -0.493 e. The molecule has 1 unspecified atom stereocenters. The monoisotopic (exact) mass is 249 g/mol. The van der Waals surface area contributed by atoms with Gasteiger partial charge in [-0.2, -0.15) is 0 Å². The Bertz CT molecular complexity index is 348. The number of benzene rings is 1. The normalized spacial score (nSPS) is 19.1. The molecule has 1 fully saturated rings. The van der Waals surface area contributed by atoms with E-state index >= 15 is 0 Å². The van der Waals surface area contributed by atoms with E-state index in [-0.39, 0.29) is 0 Å². The van der Waals surface area contributed by atoms with Crippen molar-refractivity contribution in [3.8, 4) is 5.75 Å². The highest BCUT2D eigenvalue weighted by Gasteiger charge is 2.13. The van der Waals surface area contributed by atoms with Gasteiger partial charge in [0.1, 0.15) is 5.75 Å². The molecule has 2 rings (SSSR count).